The number of imidazole rings is 1. The Labute approximate surface area is 137 Å². The third-order valence-corrected chi connectivity index (χ3v) is 4.29. The van der Waals surface area contributed by atoms with Crippen molar-refractivity contribution in [2.45, 2.75) is 45.4 Å². The number of ether oxygens (including phenoxy) is 1. The lowest BCUT2D eigenvalue weighted by Crippen LogP contribution is -2.35. The first kappa shape index (κ1) is 17.5. The molecule has 0 N–H and O–H groups in total. The Hall–Kier alpha value is -1.89. The molecule has 1 unspecified atom stereocenters. The summed E-state index contributed by atoms with van der Waals surface area (Å²) in [4.78, 5) is 32.2. The van der Waals surface area contributed by atoms with E-state index in [0.717, 1.165) is 19.5 Å². The van der Waals surface area contributed by atoms with Gasteiger partial charge in [0.25, 0.3) is 0 Å². The normalized spacial score (nSPS) is 19.2. The van der Waals surface area contributed by atoms with Crippen LogP contribution in [0.4, 0.5) is 0 Å². The van der Waals surface area contributed by atoms with Gasteiger partial charge >= 0.3 is 5.97 Å². The average Bonchev–Trinajstić information content (AvgIpc) is 3.15. The summed E-state index contributed by atoms with van der Waals surface area (Å²) in [5, 5.41) is 0. The molecule has 1 aliphatic heterocycles. The lowest BCUT2D eigenvalue weighted by atomic mass is 10.2. The van der Waals surface area contributed by atoms with Gasteiger partial charge in [-0.2, -0.15) is 0 Å². The molecule has 0 spiro atoms. The van der Waals surface area contributed by atoms with E-state index < -0.39 is 12.1 Å². The van der Waals surface area contributed by atoms with Crippen LogP contribution in [-0.2, 0) is 20.9 Å². The molecular formula is C16H26N4O3. The molecule has 2 heterocycles. The largest absolute Gasteiger partial charge is 0.454 e. The van der Waals surface area contributed by atoms with Crippen LogP contribution in [0, 0.1) is 0 Å². The number of aromatic nitrogens is 2. The van der Waals surface area contributed by atoms with E-state index in [2.05, 4.69) is 9.88 Å². The first-order chi connectivity index (χ1) is 10.9. The van der Waals surface area contributed by atoms with Gasteiger partial charge in [-0.05, 0) is 27.4 Å². The molecule has 7 nitrogen and oxygen atoms in total. The second kappa shape index (κ2) is 7.59. The van der Waals surface area contributed by atoms with Crippen molar-refractivity contribution in [3.05, 3.63) is 18.2 Å². The fraction of sp³-hybridized carbons (Fsp3) is 0.688. The summed E-state index contributed by atoms with van der Waals surface area (Å²) in [6, 6.07) is 0.392. The molecule has 0 saturated carbocycles. The minimum atomic E-state index is -0.631. The molecule has 7 heteroatoms. The van der Waals surface area contributed by atoms with Crippen molar-refractivity contribution in [1.29, 1.82) is 0 Å². The van der Waals surface area contributed by atoms with Crippen LogP contribution in [0.25, 0.3) is 0 Å². The number of amides is 1. The maximum absolute atomic E-state index is 12.6. The monoisotopic (exact) mass is 322 g/mol. The third-order valence-electron chi connectivity index (χ3n) is 4.29. The van der Waals surface area contributed by atoms with Crippen LogP contribution in [0.15, 0.2) is 12.4 Å². The van der Waals surface area contributed by atoms with E-state index in [1.54, 1.807) is 6.20 Å². The number of hydrogen-bond acceptors (Lipinski definition) is 5. The number of carbonyl (C=O) groups excluding carboxylic acids is 2. The summed E-state index contributed by atoms with van der Waals surface area (Å²) >= 11 is 0. The highest BCUT2D eigenvalue weighted by Crippen LogP contribution is 2.23. The van der Waals surface area contributed by atoms with Crippen LogP contribution in [0.3, 0.4) is 0 Å². The van der Waals surface area contributed by atoms with Crippen molar-refractivity contribution in [3.8, 4) is 0 Å². The van der Waals surface area contributed by atoms with Gasteiger partial charge in [0.1, 0.15) is 0 Å². The Bertz CT molecular complexity index is 555. The quantitative estimate of drug-likeness (QED) is 0.733. The zero-order chi connectivity index (χ0) is 17.0. The zero-order valence-corrected chi connectivity index (χ0v) is 14.4. The molecule has 2 rings (SSSR count). The Balaban J connectivity index is 2.06. The molecule has 1 amide bonds. The van der Waals surface area contributed by atoms with Crippen LogP contribution in [0.1, 0.15) is 38.6 Å². The van der Waals surface area contributed by atoms with Crippen LogP contribution in [0.5, 0.6) is 0 Å². The maximum atomic E-state index is 12.6. The zero-order valence-electron chi connectivity index (χ0n) is 14.4. The number of likely N-dealkylation sites (tertiary alicyclic amines) is 1. The third kappa shape index (κ3) is 4.31. The molecule has 0 aliphatic carbocycles. The van der Waals surface area contributed by atoms with E-state index in [-0.39, 0.29) is 12.3 Å². The summed E-state index contributed by atoms with van der Waals surface area (Å²) < 4.78 is 7.26. The number of likely N-dealkylation sites (N-methyl/N-ethyl adjacent to an activating group) is 1. The Morgan fingerprint density at radius 1 is 1.48 bits per heavy atom. The first-order valence-electron chi connectivity index (χ1n) is 8.04. The van der Waals surface area contributed by atoms with Gasteiger partial charge in [0.15, 0.2) is 11.9 Å². The molecular weight excluding hydrogens is 296 g/mol. The van der Waals surface area contributed by atoms with Crippen molar-refractivity contribution in [1.82, 2.24) is 19.4 Å². The standard InChI is InChI=1S/C16H26N4O3/c1-5-19-9-7-17-16(19)14(23-12(2)21)10-15(22)20-8-6-13(11-20)18(3)4/h7,9,13-14H,5-6,8,10-11H2,1-4H3/t13-,14?/m1/s1. The summed E-state index contributed by atoms with van der Waals surface area (Å²) in [5.74, 6) is 0.228. The molecule has 1 aliphatic rings. The summed E-state index contributed by atoms with van der Waals surface area (Å²) in [6.07, 6.45) is 3.97. The molecule has 1 aromatic heterocycles. The summed E-state index contributed by atoms with van der Waals surface area (Å²) in [5.41, 5.74) is 0. The summed E-state index contributed by atoms with van der Waals surface area (Å²) in [7, 11) is 4.05. The van der Waals surface area contributed by atoms with E-state index in [9.17, 15) is 9.59 Å². The fourth-order valence-electron chi connectivity index (χ4n) is 2.94. The minimum Gasteiger partial charge on any atom is -0.454 e. The number of hydrogen-bond donors (Lipinski definition) is 0. The second-order valence-electron chi connectivity index (χ2n) is 6.12. The number of aryl methyl sites for hydroxylation is 1. The van der Waals surface area contributed by atoms with Gasteiger partial charge in [0.2, 0.25) is 5.91 Å². The SMILES string of the molecule is CCn1ccnc1C(CC(=O)N1CC[C@@H](N(C)C)C1)OC(C)=O. The van der Waals surface area contributed by atoms with E-state index in [0.29, 0.717) is 18.4 Å². The van der Waals surface area contributed by atoms with Crippen molar-refractivity contribution in [3.63, 3.8) is 0 Å². The van der Waals surface area contributed by atoms with E-state index in [1.807, 2.05) is 36.7 Å². The predicted octanol–water partition coefficient (Wildman–Crippen LogP) is 1.06. The van der Waals surface area contributed by atoms with Gasteiger partial charge in [0.05, 0.1) is 6.42 Å². The topological polar surface area (TPSA) is 67.7 Å². The van der Waals surface area contributed by atoms with Crippen molar-refractivity contribution in [2.24, 2.45) is 0 Å². The van der Waals surface area contributed by atoms with Crippen LogP contribution in [-0.4, -0.2) is 64.5 Å². The maximum Gasteiger partial charge on any atom is 0.303 e. The van der Waals surface area contributed by atoms with Gasteiger partial charge < -0.3 is 19.1 Å². The first-order valence-corrected chi connectivity index (χ1v) is 8.04. The van der Waals surface area contributed by atoms with Crippen molar-refractivity contribution >= 4 is 11.9 Å². The van der Waals surface area contributed by atoms with Gasteiger partial charge in [-0.1, -0.05) is 0 Å². The molecule has 128 valence electrons. The van der Waals surface area contributed by atoms with Crippen LogP contribution < -0.4 is 0 Å². The molecule has 1 aromatic rings. The molecule has 0 radical (unpaired) electrons. The lowest BCUT2D eigenvalue weighted by molar-refractivity contribution is -0.150. The van der Waals surface area contributed by atoms with E-state index in [1.165, 1.54) is 6.92 Å². The number of rotatable bonds is 6. The van der Waals surface area contributed by atoms with Gasteiger partial charge in [-0.15, -0.1) is 0 Å². The Kier molecular flexibility index (Phi) is 5.76. The molecule has 1 saturated heterocycles. The molecule has 23 heavy (non-hydrogen) atoms. The van der Waals surface area contributed by atoms with Crippen molar-refractivity contribution in [2.75, 3.05) is 27.2 Å². The summed E-state index contributed by atoms with van der Waals surface area (Å²) in [6.45, 7) is 5.53. The highest BCUT2D eigenvalue weighted by Gasteiger charge is 2.31. The highest BCUT2D eigenvalue weighted by atomic mass is 16.5. The Morgan fingerprint density at radius 3 is 2.78 bits per heavy atom. The Morgan fingerprint density at radius 2 is 2.22 bits per heavy atom. The van der Waals surface area contributed by atoms with Gasteiger partial charge in [-0.25, -0.2) is 4.98 Å². The number of nitrogens with zero attached hydrogens (tertiary/aromatic N) is 4. The molecule has 2 atom stereocenters. The van der Waals surface area contributed by atoms with E-state index in [4.69, 9.17) is 4.74 Å². The van der Waals surface area contributed by atoms with Crippen LogP contribution >= 0.6 is 0 Å². The van der Waals surface area contributed by atoms with Gasteiger partial charge in [0, 0.05) is 45.0 Å². The highest BCUT2D eigenvalue weighted by molar-refractivity contribution is 5.77. The molecule has 1 fully saturated rings. The fourth-order valence-corrected chi connectivity index (χ4v) is 2.94. The lowest BCUT2D eigenvalue weighted by Gasteiger charge is -2.23. The molecule has 0 aromatic carbocycles. The second-order valence-corrected chi connectivity index (χ2v) is 6.12. The minimum absolute atomic E-state index is 0.00579. The molecule has 0 bridgehead atoms. The van der Waals surface area contributed by atoms with Crippen LogP contribution in [0.2, 0.25) is 0 Å². The smallest absolute Gasteiger partial charge is 0.303 e. The number of carbonyl (C=O) groups is 2. The van der Waals surface area contributed by atoms with Gasteiger partial charge in [-0.3, -0.25) is 9.59 Å². The van der Waals surface area contributed by atoms with E-state index >= 15 is 0 Å². The number of esters is 1. The van der Waals surface area contributed by atoms with Crippen molar-refractivity contribution < 1.29 is 14.3 Å². The average molecular weight is 322 g/mol. The predicted molar refractivity (Wildman–Crippen MR) is 85.7 cm³/mol.